The molecule has 1 fully saturated rings. The lowest BCUT2D eigenvalue weighted by Gasteiger charge is -2.21. The van der Waals surface area contributed by atoms with E-state index in [2.05, 4.69) is 48.9 Å². The van der Waals surface area contributed by atoms with Crippen LogP contribution in [0.1, 0.15) is 78.0 Å². The molecule has 0 atom stereocenters. The third-order valence-corrected chi connectivity index (χ3v) is 5.68. The molecule has 3 rings (SSSR count). The minimum atomic E-state index is 0.0706. The van der Waals surface area contributed by atoms with Crippen molar-refractivity contribution >= 4 is 16.7 Å². The van der Waals surface area contributed by atoms with E-state index in [1.54, 1.807) is 0 Å². The first-order valence-electron chi connectivity index (χ1n) is 10.2. The van der Waals surface area contributed by atoms with Gasteiger partial charge < -0.3 is 9.88 Å². The van der Waals surface area contributed by atoms with Crippen molar-refractivity contribution in [2.45, 2.75) is 84.1 Å². The van der Waals surface area contributed by atoms with Gasteiger partial charge in [0.05, 0.1) is 11.0 Å². The molecule has 1 saturated carbocycles. The Bertz CT molecular complexity index is 685. The highest BCUT2D eigenvalue weighted by Crippen LogP contribution is 2.30. The van der Waals surface area contributed by atoms with E-state index in [0.29, 0.717) is 0 Å². The summed E-state index contributed by atoms with van der Waals surface area (Å²) in [6, 6.07) is 6.57. The quantitative estimate of drug-likeness (QED) is 0.663. The highest BCUT2D eigenvalue weighted by Gasteiger charge is 2.23. The highest BCUT2D eigenvalue weighted by molar-refractivity contribution is 5.80. The molecule has 1 aliphatic carbocycles. The summed E-state index contributed by atoms with van der Waals surface area (Å²) in [6.45, 7) is 7.91. The molecule has 0 saturated heterocycles. The summed E-state index contributed by atoms with van der Waals surface area (Å²) in [7, 11) is 1.97. The van der Waals surface area contributed by atoms with Gasteiger partial charge >= 0.3 is 0 Å². The van der Waals surface area contributed by atoms with E-state index in [1.165, 1.54) is 62.7 Å². The second-order valence-corrected chi connectivity index (χ2v) is 8.79. The number of benzene rings is 1. The number of aryl methyl sites for hydroxylation is 1. The number of rotatable bonds is 5. The largest absolute Gasteiger partial charge is 0.388 e. The lowest BCUT2D eigenvalue weighted by Crippen LogP contribution is -2.19. The van der Waals surface area contributed by atoms with Crippen LogP contribution in [-0.2, 0) is 12.0 Å². The fourth-order valence-corrected chi connectivity index (χ4v) is 4.27. The maximum Gasteiger partial charge on any atom is 0.115 e. The number of nitrogens with one attached hydrogen (secondary N) is 1. The van der Waals surface area contributed by atoms with E-state index < -0.39 is 0 Å². The van der Waals surface area contributed by atoms with Gasteiger partial charge in [-0.05, 0) is 37.0 Å². The molecule has 3 nitrogen and oxygen atoms in total. The average Bonchev–Trinajstić information content (AvgIpc) is 2.76. The number of hydrogen-bond acceptors (Lipinski definition) is 2. The van der Waals surface area contributed by atoms with Gasteiger partial charge in [-0.3, -0.25) is 0 Å². The van der Waals surface area contributed by atoms with Crippen LogP contribution < -0.4 is 5.32 Å². The van der Waals surface area contributed by atoms with Gasteiger partial charge in [-0.2, -0.15) is 0 Å². The molecule has 0 spiro atoms. The van der Waals surface area contributed by atoms with Gasteiger partial charge in [0.1, 0.15) is 5.82 Å². The zero-order chi connectivity index (χ0) is 17.9. The van der Waals surface area contributed by atoms with Crippen LogP contribution in [0, 0.1) is 5.92 Å². The lowest BCUT2D eigenvalue weighted by molar-refractivity contribution is 0.395. The maximum atomic E-state index is 5.00. The van der Waals surface area contributed by atoms with Crippen molar-refractivity contribution < 1.29 is 0 Å². The summed E-state index contributed by atoms with van der Waals surface area (Å²) < 4.78 is 2.48. The standard InChI is InChI=1S/C22H35N3/c1-22(2,3)21-24-19-16-18(23-4)13-14-20(19)25(21)15-9-12-17-10-7-5-6-8-11-17/h13-14,16-17,23H,5-12,15H2,1-4H3. The van der Waals surface area contributed by atoms with Crippen molar-refractivity contribution in [3.63, 3.8) is 0 Å². The van der Waals surface area contributed by atoms with Gasteiger partial charge in [0.15, 0.2) is 0 Å². The maximum absolute atomic E-state index is 5.00. The van der Waals surface area contributed by atoms with E-state index in [9.17, 15) is 0 Å². The number of anilines is 1. The van der Waals surface area contributed by atoms with Crippen LogP contribution in [0.15, 0.2) is 18.2 Å². The molecule has 1 aromatic heterocycles. The molecule has 0 unspecified atom stereocenters. The Morgan fingerprint density at radius 3 is 2.48 bits per heavy atom. The number of imidazole rings is 1. The summed E-state index contributed by atoms with van der Waals surface area (Å²) in [5.74, 6) is 2.17. The highest BCUT2D eigenvalue weighted by atomic mass is 15.1. The summed E-state index contributed by atoms with van der Waals surface area (Å²) in [6.07, 6.45) is 11.3. The molecule has 1 N–H and O–H groups in total. The first-order chi connectivity index (χ1) is 12.0. The molecule has 1 aliphatic rings. The first-order valence-corrected chi connectivity index (χ1v) is 10.2. The number of fused-ring (bicyclic) bond motifs is 1. The summed E-state index contributed by atoms with van der Waals surface area (Å²) in [5.41, 5.74) is 3.60. The fourth-order valence-electron chi connectivity index (χ4n) is 4.27. The molecule has 0 aliphatic heterocycles. The summed E-state index contributed by atoms with van der Waals surface area (Å²) >= 11 is 0. The van der Waals surface area contributed by atoms with Crippen LogP contribution >= 0.6 is 0 Å². The molecular weight excluding hydrogens is 306 g/mol. The van der Waals surface area contributed by atoms with Crippen LogP contribution in [-0.4, -0.2) is 16.6 Å². The second-order valence-electron chi connectivity index (χ2n) is 8.79. The Labute approximate surface area is 153 Å². The number of nitrogens with zero attached hydrogens (tertiary/aromatic N) is 2. The van der Waals surface area contributed by atoms with E-state index in [0.717, 1.165) is 23.7 Å². The van der Waals surface area contributed by atoms with Gasteiger partial charge in [0, 0.05) is 24.7 Å². The number of hydrogen-bond donors (Lipinski definition) is 1. The molecule has 1 heterocycles. The van der Waals surface area contributed by atoms with E-state index in [1.807, 2.05) is 7.05 Å². The lowest BCUT2D eigenvalue weighted by atomic mass is 9.94. The second kappa shape index (κ2) is 7.80. The molecule has 3 heteroatoms. The van der Waals surface area contributed by atoms with Crippen molar-refractivity contribution in [2.75, 3.05) is 12.4 Å². The Morgan fingerprint density at radius 1 is 1.12 bits per heavy atom. The third kappa shape index (κ3) is 4.37. The fraction of sp³-hybridized carbons (Fsp3) is 0.682. The summed E-state index contributed by atoms with van der Waals surface area (Å²) in [5, 5.41) is 3.23. The van der Waals surface area contributed by atoms with E-state index in [-0.39, 0.29) is 5.41 Å². The Balaban J connectivity index is 1.78. The van der Waals surface area contributed by atoms with Crippen LogP contribution in [0.4, 0.5) is 5.69 Å². The predicted octanol–water partition coefficient (Wildman–Crippen LogP) is 6.13. The van der Waals surface area contributed by atoms with Crippen molar-refractivity contribution in [3.05, 3.63) is 24.0 Å². The van der Waals surface area contributed by atoms with Crippen LogP contribution in [0.3, 0.4) is 0 Å². The zero-order valence-corrected chi connectivity index (χ0v) is 16.6. The SMILES string of the molecule is CNc1ccc2c(c1)nc(C(C)(C)C)n2CCCC1CCCCCC1. The Morgan fingerprint density at radius 2 is 1.84 bits per heavy atom. The van der Waals surface area contributed by atoms with E-state index in [4.69, 9.17) is 4.98 Å². The van der Waals surface area contributed by atoms with Gasteiger partial charge in [-0.15, -0.1) is 0 Å². The summed E-state index contributed by atoms with van der Waals surface area (Å²) in [4.78, 5) is 5.00. The van der Waals surface area contributed by atoms with Crippen LogP contribution in [0.25, 0.3) is 11.0 Å². The molecular formula is C22H35N3. The normalized spacial score (nSPS) is 17.0. The van der Waals surface area contributed by atoms with Crippen molar-refractivity contribution in [1.29, 1.82) is 0 Å². The smallest absolute Gasteiger partial charge is 0.115 e. The molecule has 0 amide bonds. The Hall–Kier alpha value is -1.51. The van der Waals surface area contributed by atoms with Crippen LogP contribution in [0.2, 0.25) is 0 Å². The minimum Gasteiger partial charge on any atom is -0.388 e. The van der Waals surface area contributed by atoms with E-state index >= 15 is 0 Å². The van der Waals surface area contributed by atoms with Crippen LogP contribution in [0.5, 0.6) is 0 Å². The average molecular weight is 342 g/mol. The predicted molar refractivity (Wildman–Crippen MR) is 108 cm³/mol. The monoisotopic (exact) mass is 341 g/mol. The topological polar surface area (TPSA) is 29.9 Å². The Kier molecular flexibility index (Phi) is 5.71. The molecule has 1 aromatic carbocycles. The number of aromatic nitrogens is 2. The van der Waals surface area contributed by atoms with Gasteiger partial charge in [-0.1, -0.05) is 59.3 Å². The zero-order valence-electron chi connectivity index (χ0n) is 16.6. The van der Waals surface area contributed by atoms with Crippen molar-refractivity contribution in [1.82, 2.24) is 9.55 Å². The molecule has 2 aromatic rings. The van der Waals surface area contributed by atoms with Crippen molar-refractivity contribution in [2.24, 2.45) is 5.92 Å². The van der Waals surface area contributed by atoms with Gasteiger partial charge in [0.2, 0.25) is 0 Å². The molecule has 25 heavy (non-hydrogen) atoms. The van der Waals surface area contributed by atoms with Gasteiger partial charge in [-0.25, -0.2) is 4.98 Å². The molecule has 0 bridgehead atoms. The third-order valence-electron chi connectivity index (χ3n) is 5.68. The molecule has 138 valence electrons. The van der Waals surface area contributed by atoms with Gasteiger partial charge in [0.25, 0.3) is 0 Å². The first kappa shape index (κ1) is 18.3. The van der Waals surface area contributed by atoms with Crippen molar-refractivity contribution in [3.8, 4) is 0 Å². The molecule has 0 radical (unpaired) electrons. The minimum absolute atomic E-state index is 0.0706.